The van der Waals surface area contributed by atoms with E-state index in [9.17, 15) is 13.2 Å². The van der Waals surface area contributed by atoms with Crippen molar-refractivity contribution in [2.45, 2.75) is 26.8 Å². The molecule has 0 saturated heterocycles. The number of methoxy groups -OCH3 is 1. The van der Waals surface area contributed by atoms with Crippen molar-refractivity contribution < 1.29 is 17.9 Å². The molecule has 6 nitrogen and oxygen atoms in total. The fraction of sp³-hybridized carbons (Fsp3) is 0.533. The van der Waals surface area contributed by atoms with E-state index >= 15 is 0 Å². The molecule has 0 aromatic heterocycles. The molecule has 0 bridgehead atoms. The average molecular weight is 363 g/mol. The fourth-order valence-electron chi connectivity index (χ4n) is 2.41. The molecule has 0 aliphatic heterocycles. The number of hydrogen-bond donors (Lipinski definition) is 0. The Balaban J connectivity index is 3.43. The number of rotatable bonds is 7. The Morgan fingerprint density at radius 2 is 1.87 bits per heavy atom. The third-order valence-corrected chi connectivity index (χ3v) is 4.98. The number of ether oxygens (including phenoxy) is 1. The number of hydrogen-bond acceptors (Lipinski definition) is 4. The van der Waals surface area contributed by atoms with Gasteiger partial charge in [-0.2, -0.15) is 0 Å². The molecule has 23 heavy (non-hydrogen) atoms. The highest BCUT2D eigenvalue weighted by molar-refractivity contribution is 7.92. The van der Waals surface area contributed by atoms with Crippen LogP contribution in [0.4, 0.5) is 5.69 Å². The standard InChI is InChI=1S/C15H23ClN2O4S/c1-6-17(7-2)15(19)11(3)18(23(5,20)21)13-10-12(16)8-9-14(13)22-4/h8-11H,6-7H2,1-5H3/t11-/m1/s1. The molecule has 1 amide bonds. The van der Waals surface area contributed by atoms with Crippen LogP contribution in [0.3, 0.4) is 0 Å². The summed E-state index contributed by atoms with van der Waals surface area (Å²) >= 11 is 6.00. The molecule has 8 heteroatoms. The van der Waals surface area contributed by atoms with Crippen molar-refractivity contribution >= 4 is 33.2 Å². The van der Waals surface area contributed by atoms with Crippen LogP contribution in [0, 0.1) is 0 Å². The number of amides is 1. The van der Waals surface area contributed by atoms with E-state index in [2.05, 4.69) is 0 Å². The predicted molar refractivity (Wildman–Crippen MR) is 92.7 cm³/mol. The third-order valence-electron chi connectivity index (χ3n) is 3.52. The van der Waals surface area contributed by atoms with Crippen molar-refractivity contribution in [3.63, 3.8) is 0 Å². The maximum Gasteiger partial charge on any atom is 0.246 e. The van der Waals surface area contributed by atoms with Gasteiger partial charge in [-0.15, -0.1) is 0 Å². The lowest BCUT2D eigenvalue weighted by Gasteiger charge is -2.32. The lowest BCUT2D eigenvalue weighted by Crippen LogP contribution is -2.49. The first-order chi connectivity index (χ1) is 10.7. The zero-order valence-corrected chi connectivity index (χ0v) is 15.6. The second kappa shape index (κ2) is 7.88. The van der Waals surface area contributed by atoms with Crippen LogP contribution in [-0.2, 0) is 14.8 Å². The molecular formula is C15H23ClN2O4S. The van der Waals surface area contributed by atoms with Crippen LogP contribution in [0.2, 0.25) is 5.02 Å². The molecule has 0 unspecified atom stereocenters. The molecular weight excluding hydrogens is 340 g/mol. The molecule has 0 aliphatic rings. The molecule has 0 saturated carbocycles. The number of halogens is 1. The van der Waals surface area contributed by atoms with Gasteiger partial charge in [0.05, 0.1) is 19.1 Å². The predicted octanol–water partition coefficient (Wildman–Crippen LogP) is 2.37. The molecule has 0 radical (unpaired) electrons. The van der Waals surface area contributed by atoms with E-state index in [-0.39, 0.29) is 11.6 Å². The second-order valence-electron chi connectivity index (χ2n) is 5.06. The molecule has 0 spiro atoms. The highest BCUT2D eigenvalue weighted by Gasteiger charge is 2.33. The van der Waals surface area contributed by atoms with Crippen molar-refractivity contribution in [3.05, 3.63) is 23.2 Å². The second-order valence-corrected chi connectivity index (χ2v) is 7.36. The van der Waals surface area contributed by atoms with Crippen LogP contribution in [0.5, 0.6) is 5.75 Å². The summed E-state index contributed by atoms with van der Waals surface area (Å²) in [5, 5.41) is 0.358. The van der Waals surface area contributed by atoms with Gasteiger partial charge in [-0.05, 0) is 39.0 Å². The van der Waals surface area contributed by atoms with Crippen molar-refractivity contribution in [1.82, 2.24) is 4.90 Å². The minimum atomic E-state index is -3.71. The van der Waals surface area contributed by atoms with Crippen LogP contribution in [0.1, 0.15) is 20.8 Å². The Hall–Kier alpha value is -1.47. The Labute approximate surface area is 143 Å². The normalized spacial score (nSPS) is 12.6. The zero-order valence-electron chi connectivity index (χ0n) is 14.0. The average Bonchev–Trinajstić information content (AvgIpc) is 2.47. The lowest BCUT2D eigenvalue weighted by molar-refractivity contribution is -0.131. The molecule has 1 aromatic carbocycles. The van der Waals surface area contributed by atoms with Crippen molar-refractivity contribution in [1.29, 1.82) is 0 Å². The van der Waals surface area contributed by atoms with Crippen molar-refractivity contribution in [2.75, 3.05) is 30.8 Å². The number of carbonyl (C=O) groups is 1. The summed E-state index contributed by atoms with van der Waals surface area (Å²) in [7, 11) is -2.28. The first kappa shape index (κ1) is 19.6. The highest BCUT2D eigenvalue weighted by Crippen LogP contribution is 2.34. The highest BCUT2D eigenvalue weighted by atomic mass is 35.5. The minimum Gasteiger partial charge on any atom is -0.495 e. The molecule has 0 N–H and O–H groups in total. The SMILES string of the molecule is CCN(CC)C(=O)[C@@H](C)N(c1cc(Cl)ccc1OC)S(C)(=O)=O. The Morgan fingerprint density at radius 1 is 1.30 bits per heavy atom. The number of sulfonamides is 1. The van der Waals surface area contributed by atoms with E-state index in [1.165, 1.54) is 13.2 Å². The third kappa shape index (κ3) is 4.51. The van der Waals surface area contributed by atoms with Gasteiger partial charge in [0, 0.05) is 18.1 Å². The summed E-state index contributed by atoms with van der Waals surface area (Å²) in [6, 6.07) is 3.75. The van der Waals surface area contributed by atoms with Crippen LogP contribution in [0.25, 0.3) is 0 Å². The molecule has 0 heterocycles. The number of likely N-dealkylation sites (N-methyl/N-ethyl adjacent to an activating group) is 1. The van der Waals surface area contributed by atoms with Gasteiger partial charge in [-0.1, -0.05) is 11.6 Å². The first-order valence-corrected chi connectivity index (χ1v) is 9.51. The molecule has 0 aliphatic carbocycles. The van der Waals surface area contributed by atoms with Crippen molar-refractivity contribution in [3.8, 4) is 5.75 Å². The summed E-state index contributed by atoms with van der Waals surface area (Å²) in [5.74, 6) is 0.0569. The Kier molecular flexibility index (Phi) is 6.70. The lowest BCUT2D eigenvalue weighted by atomic mass is 10.2. The van der Waals surface area contributed by atoms with Crippen LogP contribution >= 0.6 is 11.6 Å². The number of carbonyl (C=O) groups excluding carboxylic acids is 1. The van der Waals surface area contributed by atoms with Crippen molar-refractivity contribution in [2.24, 2.45) is 0 Å². The summed E-state index contributed by atoms with van der Waals surface area (Å²) in [5.41, 5.74) is 0.246. The van der Waals surface area contributed by atoms with Crippen LogP contribution in [0.15, 0.2) is 18.2 Å². The maximum atomic E-state index is 12.6. The first-order valence-electron chi connectivity index (χ1n) is 7.29. The van der Waals surface area contributed by atoms with E-state index in [1.54, 1.807) is 24.0 Å². The van der Waals surface area contributed by atoms with E-state index in [0.717, 1.165) is 10.6 Å². The molecule has 1 rings (SSSR count). The van der Waals surface area contributed by atoms with Gasteiger partial charge >= 0.3 is 0 Å². The van der Waals surface area contributed by atoms with E-state index in [1.807, 2.05) is 13.8 Å². The molecule has 130 valence electrons. The Bertz CT molecular complexity index is 659. The molecule has 0 fully saturated rings. The van der Waals surface area contributed by atoms with Gasteiger partial charge in [0.15, 0.2) is 0 Å². The quantitative estimate of drug-likeness (QED) is 0.746. The van der Waals surface area contributed by atoms with Gasteiger partial charge in [-0.25, -0.2) is 8.42 Å². The van der Waals surface area contributed by atoms with Gasteiger partial charge in [0.2, 0.25) is 15.9 Å². The zero-order chi connectivity index (χ0) is 17.8. The van der Waals surface area contributed by atoms with E-state index < -0.39 is 16.1 Å². The molecule has 1 atom stereocenters. The van der Waals surface area contributed by atoms with E-state index in [0.29, 0.717) is 23.9 Å². The van der Waals surface area contributed by atoms with Crippen LogP contribution < -0.4 is 9.04 Å². The van der Waals surface area contributed by atoms with E-state index in [4.69, 9.17) is 16.3 Å². The number of benzene rings is 1. The number of nitrogens with zero attached hydrogens (tertiary/aromatic N) is 2. The summed E-state index contributed by atoms with van der Waals surface area (Å²) < 4.78 is 30.9. The fourth-order valence-corrected chi connectivity index (χ4v) is 3.74. The summed E-state index contributed by atoms with van der Waals surface area (Å²) in [6.45, 7) is 6.26. The van der Waals surface area contributed by atoms with Gasteiger partial charge in [0.1, 0.15) is 11.8 Å². The summed E-state index contributed by atoms with van der Waals surface area (Å²) in [4.78, 5) is 14.2. The van der Waals surface area contributed by atoms with Crippen LogP contribution in [-0.4, -0.2) is 51.7 Å². The Morgan fingerprint density at radius 3 is 2.30 bits per heavy atom. The maximum absolute atomic E-state index is 12.6. The topological polar surface area (TPSA) is 66.9 Å². The largest absolute Gasteiger partial charge is 0.495 e. The monoisotopic (exact) mass is 362 g/mol. The van der Waals surface area contributed by atoms with Gasteiger partial charge in [0.25, 0.3) is 0 Å². The molecule has 1 aromatic rings. The summed E-state index contributed by atoms with van der Waals surface area (Å²) in [6.07, 6.45) is 1.05. The minimum absolute atomic E-state index is 0.246. The van der Waals surface area contributed by atoms with Gasteiger partial charge in [-0.3, -0.25) is 9.10 Å². The van der Waals surface area contributed by atoms with Gasteiger partial charge < -0.3 is 9.64 Å². The number of anilines is 1. The smallest absolute Gasteiger partial charge is 0.246 e.